The number of ketones is 1. The van der Waals surface area contributed by atoms with Crippen LogP contribution >= 0.6 is 0 Å². The first kappa shape index (κ1) is 34.0. The second-order valence-electron chi connectivity index (χ2n) is 16.6. The Hall–Kier alpha value is -5.79. The van der Waals surface area contributed by atoms with Crippen LogP contribution in [0, 0.1) is 0 Å². The van der Waals surface area contributed by atoms with Gasteiger partial charge in [0, 0.05) is 38.6 Å². The summed E-state index contributed by atoms with van der Waals surface area (Å²) in [7, 11) is 1.47. The van der Waals surface area contributed by atoms with Crippen molar-refractivity contribution in [1.29, 1.82) is 0 Å². The van der Waals surface area contributed by atoms with E-state index in [2.05, 4.69) is 142 Å². The number of rotatable bonds is 5. The molecule has 0 bridgehead atoms. The molecule has 9 rings (SSSR count). The molecule has 3 aliphatic rings. The minimum atomic E-state index is -0.334. The number of carbonyl (C=O) groups excluding carboxylic acids is 1. The highest BCUT2D eigenvalue weighted by Crippen LogP contribution is 2.46. The minimum absolute atomic E-state index is 0.0414. The first-order valence-corrected chi connectivity index (χ1v) is 18.6. The third-order valence-electron chi connectivity index (χ3n) is 11.0. The Labute approximate surface area is 316 Å². The second kappa shape index (κ2) is 12.4. The van der Waals surface area contributed by atoms with Gasteiger partial charge in [-0.25, -0.2) is 0 Å². The molecule has 0 atom stereocenters. The fourth-order valence-corrected chi connectivity index (χ4v) is 8.03. The van der Waals surface area contributed by atoms with Crippen molar-refractivity contribution in [2.75, 3.05) is 22.8 Å². The highest BCUT2D eigenvalue weighted by Gasteiger charge is 2.41. The van der Waals surface area contributed by atoms with Crippen molar-refractivity contribution in [3.05, 3.63) is 142 Å². The zero-order valence-electron chi connectivity index (χ0n) is 31.7. The van der Waals surface area contributed by atoms with Gasteiger partial charge in [-0.2, -0.15) is 4.89 Å². The van der Waals surface area contributed by atoms with Crippen LogP contribution < -0.4 is 37.2 Å². The van der Waals surface area contributed by atoms with Crippen LogP contribution in [0.4, 0.5) is 17.1 Å². The number of anilines is 3. The molecule has 9 heteroatoms. The lowest BCUT2D eigenvalue weighted by atomic mass is 9.65. The van der Waals surface area contributed by atoms with Crippen molar-refractivity contribution in [2.24, 2.45) is 4.90 Å². The van der Waals surface area contributed by atoms with Gasteiger partial charge in [0.25, 0.3) is 0 Å². The van der Waals surface area contributed by atoms with Crippen LogP contribution in [-0.2, 0) is 25.4 Å². The topological polar surface area (TPSA) is 84.0 Å². The summed E-state index contributed by atoms with van der Waals surface area (Å²) in [4.78, 5) is 31.3. The molecule has 2 heterocycles. The van der Waals surface area contributed by atoms with E-state index in [4.69, 9.17) is 14.7 Å². The van der Waals surface area contributed by atoms with Crippen LogP contribution in [-0.4, -0.2) is 26.9 Å². The summed E-state index contributed by atoms with van der Waals surface area (Å²) in [5.41, 5.74) is 9.30. The van der Waals surface area contributed by atoms with Gasteiger partial charge in [-0.05, 0) is 55.8 Å². The summed E-state index contributed by atoms with van der Waals surface area (Å²) in [6.45, 7) is 12.8. The number of carbonyl (C=O) groups is 1. The van der Waals surface area contributed by atoms with Crippen LogP contribution in [0.15, 0.2) is 120 Å². The molecule has 6 aromatic rings. The molecule has 0 amide bonds. The third-order valence-corrected chi connectivity index (χ3v) is 11.0. The van der Waals surface area contributed by atoms with Crippen LogP contribution in [0.5, 0.6) is 0 Å². The molecular formula is C45H42B2N4O3. The summed E-state index contributed by atoms with van der Waals surface area (Å²) in [6, 6.07) is 37.9. The maximum Gasteiger partial charge on any atom is 0.427 e. The van der Waals surface area contributed by atoms with Gasteiger partial charge in [0.15, 0.2) is 5.76 Å². The summed E-state index contributed by atoms with van der Waals surface area (Å²) in [5.74, 6) is 0.282. The fourth-order valence-electron chi connectivity index (χ4n) is 8.03. The Bertz CT molecular complexity index is 2690. The maximum atomic E-state index is 14.7. The lowest BCUT2D eigenvalue weighted by molar-refractivity contribution is -0.232. The molecular weight excluding hydrogens is 666 g/mol. The molecule has 7 nitrogen and oxygen atoms in total. The minimum Gasteiger partial charge on any atom is -0.405 e. The molecule has 2 aliphatic heterocycles. The molecule has 0 saturated heterocycles. The monoisotopic (exact) mass is 708 g/mol. The Morgan fingerprint density at radius 2 is 1.20 bits per heavy atom. The lowest BCUT2D eigenvalue weighted by Gasteiger charge is -2.32. The van der Waals surface area contributed by atoms with Crippen LogP contribution in [0.2, 0.25) is 0 Å². The van der Waals surface area contributed by atoms with Gasteiger partial charge in [-0.15, -0.1) is 0 Å². The van der Waals surface area contributed by atoms with E-state index in [0.717, 1.165) is 65.7 Å². The Balaban J connectivity index is 1.21. The van der Waals surface area contributed by atoms with Gasteiger partial charge in [0.1, 0.15) is 0 Å². The van der Waals surface area contributed by atoms with E-state index in [1.54, 1.807) is 0 Å². The highest BCUT2D eigenvalue weighted by molar-refractivity contribution is 6.80. The van der Waals surface area contributed by atoms with Crippen molar-refractivity contribution in [2.45, 2.75) is 52.4 Å². The molecule has 0 fully saturated rings. The molecule has 0 radical (unpaired) electrons. The number of nitrogens with zero attached hydrogens (tertiary/aromatic N) is 1. The highest BCUT2D eigenvalue weighted by atomic mass is 17.2. The van der Waals surface area contributed by atoms with Crippen molar-refractivity contribution in [1.82, 2.24) is 0 Å². The van der Waals surface area contributed by atoms with Crippen LogP contribution in [0.25, 0.3) is 32.7 Å². The molecule has 0 saturated carbocycles. The van der Waals surface area contributed by atoms with Gasteiger partial charge in [0.05, 0.1) is 23.6 Å². The quantitative estimate of drug-likeness (QED) is 0.102. The van der Waals surface area contributed by atoms with Crippen LogP contribution in [0.3, 0.4) is 0 Å². The largest absolute Gasteiger partial charge is 0.427 e. The first-order valence-electron chi connectivity index (χ1n) is 18.6. The molecule has 6 aromatic carbocycles. The molecule has 3 N–H and O–H groups in total. The first-order chi connectivity index (χ1) is 25.9. The van der Waals surface area contributed by atoms with Gasteiger partial charge in [-0.1, -0.05) is 139 Å². The SMILES string of the molecule is COOC1=C(c2ccc3cccc4c3c2NB(c2ccc(C(C)(C)C)cc2)N4)C(=O)/C1=c1\ccc2cccc3c2c1=NB(c1ccc(C(C)(C)C)cc1)N3. The van der Waals surface area contributed by atoms with Gasteiger partial charge >= 0.3 is 14.0 Å². The molecule has 0 aromatic heterocycles. The second-order valence-corrected chi connectivity index (χ2v) is 16.6. The Kier molecular flexibility index (Phi) is 7.80. The van der Waals surface area contributed by atoms with E-state index in [1.165, 1.54) is 18.2 Å². The third kappa shape index (κ3) is 5.49. The zero-order chi connectivity index (χ0) is 37.5. The molecule has 266 valence electrons. The smallest absolute Gasteiger partial charge is 0.405 e. The molecule has 54 heavy (non-hydrogen) atoms. The average molecular weight is 708 g/mol. The van der Waals surface area contributed by atoms with E-state index in [1.807, 2.05) is 24.3 Å². The van der Waals surface area contributed by atoms with E-state index in [0.29, 0.717) is 16.9 Å². The molecule has 1 aliphatic carbocycles. The van der Waals surface area contributed by atoms with Crippen molar-refractivity contribution in [3.63, 3.8) is 0 Å². The molecule has 0 unspecified atom stereocenters. The van der Waals surface area contributed by atoms with E-state index < -0.39 is 0 Å². The number of Topliss-reactive ketones (excluding diaryl/α,β-unsaturated/α-hetero) is 1. The summed E-state index contributed by atoms with van der Waals surface area (Å²) in [6.07, 6.45) is 0. The number of hydrogen-bond acceptors (Lipinski definition) is 7. The number of benzene rings is 6. The summed E-state index contributed by atoms with van der Waals surface area (Å²) < 4.78 is 0. The van der Waals surface area contributed by atoms with E-state index in [9.17, 15) is 4.79 Å². The maximum absolute atomic E-state index is 14.7. The summed E-state index contributed by atoms with van der Waals surface area (Å²) in [5, 5.41) is 16.7. The predicted octanol–water partition coefficient (Wildman–Crippen LogP) is 6.98. The van der Waals surface area contributed by atoms with E-state index >= 15 is 0 Å². The van der Waals surface area contributed by atoms with E-state index in [-0.39, 0.29) is 30.6 Å². The number of allylic oxidation sites excluding steroid dienone is 2. The standard InChI is InChI=1S/C45H42B2N4O3/c1-44(2,3)28-16-20-30(21-17-28)46-48-34-12-8-10-26-14-24-32(40(50-46)36(26)34)38-42(52)39(43(38)54-53-7)33-25-15-27-11-9-13-35-37(27)41(33)51-47(49-35)31-22-18-29(19-23-31)45(4,5)6/h8-25,48-50H,1-7H3/b39-33-. The number of nitrogens with one attached hydrogen (secondary N) is 3. The van der Waals surface area contributed by atoms with Crippen LogP contribution in [0.1, 0.15) is 58.2 Å². The van der Waals surface area contributed by atoms with Crippen molar-refractivity contribution >= 4 is 80.4 Å². The van der Waals surface area contributed by atoms with Gasteiger partial charge in [-0.3, -0.25) is 4.79 Å². The summed E-state index contributed by atoms with van der Waals surface area (Å²) >= 11 is 0. The number of hydrogen-bond donors (Lipinski definition) is 3. The fraction of sp³-hybridized carbons (Fsp3) is 0.200. The molecule has 0 spiro atoms. The average Bonchev–Trinajstić information content (AvgIpc) is 3.16. The van der Waals surface area contributed by atoms with Gasteiger partial charge in [0.2, 0.25) is 5.78 Å². The lowest BCUT2D eigenvalue weighted by Crippen LogP contribution is -2.48. The Morgan fingerprint density at radius 1 is 0.611 bits per heavy atom. The normalized spacial score (nSPS) is 16.1. The van der Waals surface area contributed by atoms with Crippen molar-refractivity contribution < 1.29 is 14.6 Å². The van der Waals surface area contributed by atoms with Crippen molar-refractivity contribution in [3.8, 4) is 0 Å². The zero-order valence-corrected chi connectivity index (χ0v) is 31.7. The Morgan fingerprint density at radius 3 is 1.83 bits per heavy atom. The van der Waals surface area contributed by atoms with Gasteiger partial charge < -0.3 is 25.5 Å². The predicted molar refractivity (Wildman–Crippen MR) is 224 cm³/mol.